The average Bonchev–Trinajstić information content (AvgIpc) is 2.46. The summed E-state index contributed by atoms with van der Waals surface area (Å²) in [5.74, 6) is -1.06. The van der Waals surface area contributed by atoms with Gasteiger partial charge in [0.2, 0.25) is 10.0 Å². The maximum absolute atomic E-state index is 12.4. The van der Waals surface area contributed by atoms with Crippen LogP contribution >= 0.6 is 0 Å². The third-order valence-corrected chi connectivity index (χ3v) is 4.73. The Morgan fingerprint density at radius 2 is 1.95 bits per heavy atom. The Bertz CT molecular complexity index is 596. The van der Waals surface area contributed by atoms with Crippen molar-refractivity contribution in [2.75, 3.05) is 25.1 Å². The van der Waals surface area contributed by atoms with Gasteiger partial charge in [0.25, 0.3) is 0 Å². The Hall–Kier alpha value is -1.64. The molecule has 0 aromatic heterocycles. The molecule has 0 aliphatic carbocycles. The van der Waals surface area contributed by atoms with Crippen molar-refractivity contribution in [2.45, 2.75) is 23.8 Å². The number of anilines is 1. The fraction of sp³-hybridized carbons (Fsp3) is 0.462. The summed E-state index contributed by atoms with van der Waals surface area (Å²) in [7, 11) is -3.70. The van der Waals surface area contributed by atoms with Crippen molar-refractivity contribution in [1.29, 1.82) is 0 Å². The number of hydrogen-bond acceptors (Lipinski definition) is 5. The minimum atomic E-state index is -3.70. The van der Waals surface area contributed by atoms with Crippen molar-refractivity contribution in [1.82, 2.24) is 4.72 Å². The van der Waals surface area contributed by atoms with E-state index in [0.717, 1.165) is 0 Å². The summed E-state index contributed by atoms with van der Waals surface area (Å²) >= 11 is 0. The van der Waals surface area contributed by atoms with Gasteiger partial charge in [-0.15, -0.1) is 0 Å². The van der Waals surface area contributed by atoms with Gasteiger partial charge in [-0.3, -0.25) is 4.79 Å². The van der Waals surface area contributed by atoms with Crippen LogP contribution in [0, 0.1) is 0 Å². The van der Waals surface area contributed by atoms with Crippen LogP contribution in [0.25, 0.3) is 0 Å². The quantitative estimate of drug-likeness (QED) is 0.712. The normalized spacial score (nSPS) is 16.6. The molecular weight excluding hydrogens is 296 g/mol. The fourth-order valence-electron chi connectivity index (χ4n) is 2.12. The minimum absolute atomic E-state index is 0.0535. The standard InChI is InChI=1S/C13H18N2O5S/c16-13(17)9-14-11-3-1-2-4-12(11)21(18,19)15-10-5-7-20-8-6-10/h1-4,10,14-15H,5-9H2,(H,16,17). The van der Waals surface area contributed by atoms with Crippen LogP contribution in [0.3, 0.4) is 0 Å². The third-order valence-electron chi connectivity index (χ3n) is 3.15. The number of para-hydroxylation sites is 1. The number of ether oxygens (including phenoxy) is 1. The highest BCUT2D eigenvalue weighted by Crippen LogP contribution is 2.21. The van der Waals surface area contributed by atoms with Gasteiger partial charge in [-0.2, -0.15) is 0 Å². The second kappa shape index (κ2) is 6.88. The molecule has 21 heavy (non-hydrogen) atoms. The average molecular weight is 314 g/mol. The van der Waals surface area contributed by atoms with E-state index in [2.05, 4.69) is 10.0 Å². The van der Waals surface area contributed by atoms with E-state index in [0.29, 0.717) is 26.1 Å². The largest absolute Gasteiger partial charge is 0.480 e. The molecule has 0 spiro atoms. The highest BCUT2D eigenvalue weighted by Gasteiger charge is 2.24. The van der Waals surface area contributed by atoms with Crippen molar-refractivity contribution in [2.24, 2.45) is 0 Å². The van der Waals surface area contributed by atoms with Crippen LogP contribution in [0.4, 0.5) is 5.69 Å². The van der Waals surface area contributed by atoms with Crippen molar-refractivity contribution < 1.29 is 23.1 Å². The lowest BCUT2D eigenvalue weighted by molar-refractivity contribution is -0.134. The Morgan fingerprint density at radius 1 is 1.29 bits per heavy atom. The predicted octanol–water partition coefficient (Wildman–Crippen LogP) is 0.640. The molecule has 0 atom stereocenters. The van der Waals surface area contributed by atoms with Crippen LogP contribution in [0.2, 0.25) is 0 Å². The smallest absolute Gasteiger partial charge is 0.322 e. The number of carboxylic acid groups (broad SMARTS) is 1. The SMILES string of the molecule is O=C(O)CNc1ccccc1S(=O)(=O)NC1CCOCC1. The van der Waals surface area contributed by atoms with E-state index in [1.165, 1.54) is 6.07 Å². The fourth-order valence-corrected chi connectivity index (χ4v) is 3.61. The van der Waals surface area contributed by atoms with Gasteiger partial charge in [-0.25, -0.2) is 13.1 Å². The Kier molecular flexibility index (Phi) is 5.16. The third kappa shape index (κ3) is 4.42. The van der Waals surface area contributed by atoms with Crippen LogP contribution in [0.15, 0.2) is 29.2 Å². The highest BCUT2D eigenvalue weighted by atomic mass is 32.2. The van der Waals surface area contributed by atoms with Gasteiger partial charge < -0.3 is 15.2 Å². The van der Waals surface area contributed by atoms with E-state index in [1.807, 2.05) is 0 Å². The predicted molar refractivity (Wildman–Crippen MR) is 76.7 cm³/mol. The minimum Gasteiger partial charge on any atom is -0.480 e. The molecule has 0 bridgehead atoms. The zero-order chi connectivity index (χ0) is 15.3. The van der Waals surface area contributed by atoms with Crippen molar-refractivity contribution >= 4 is 21.7 Å². The summed E-state index contributed by atoms with van der Waals surface area (Å²) in [6.45, 7) is 0.724. The molecule has 0 unspecified atom stereocenters. The first-order valence-corrected chi connectivity index (χ1v) is 8.12. The Morgan fingerprint density at radius 3 is 2.62 bits per heavy atom. The number of carboxylic acids is 1. The summed E-state index contributed by atoms with van der Waals surface area (Å²) in [4.78, 5) is 10.7. The Labute approximate surface area is 123 Å². The lowest BCUT2D eigenvalue weighted by Gasteiger charge is -2.23. The summed E-state index contributed by atoms with van der Waals surface area (Å²) in [6, 6.07) is 6.09. The zero-order valence-corrected chi connectivity index (χ0v) is 12.2. The van der Waals surface area contributed by atoms with E-state index in [4.69, 9.17) is 9.84 Å². The van der Waals surface area contributed by atoms with E-state index in [-0.39, 0.29) is 23.2 Å². The number of nitrogens with one attached hydrogen (secondary N) is 2. The van der Waals surface area contributed by atoms with E-state index >= 15 is 0 Å². The number of carbonyl (C=O) groups is 1. The van der Waals surface area contributed by atoms with Crippen LogP contribution in [0.5, 0.6) is 0 Å². The van der Waals surface area contributed by atoms with Crippen LogP contribution in [-0.2, 0) is 19.6 Å². The number of sulfonamides is 1. The molecule has 1 aromatic rings. The number of hydrogen-bond donors (Lipinski definition) is 3. The molecule has 1 aromatic carbocycles. The molecule has 0 amide bonds. The van der Waals surface area contributed by atoms with Gasteiger partial charge >= 0.3 is 5.97 Å². The monoisotopic (exact) mass is 314 g/mol. The molecule has 1 aliphatic rings. The van der Waals surface area contributed by atoms with Gasteiger partial charge in [-0.05, 0) is 25.0 Å². The molecule has 0 saturated carbocycles. The van der Waals surface area contributed by atoms with Gasteiger partial charge in [0.1, 0.15) is 11.4 Å². The van der Waals surface area contributed by atoms with Crippen LogP contribution in [-0.4, -0.2) is 45.3 Å². The summed E-state index contributed by atoms with van der Waals surface area (Å²) in [6.07, 6.45) is 1.26. The summed E-state index contributed by atoms with van der Waals surface area (Å²) in [5, 5.41) is 11.3. The first kappa shape index (κ1) is 15.7. The van der Waals surface area contributed by atoms with Crippen LogP contribution < -0.4 is 10.0 Å². The topological polar surface area (TPSA) is 105 Å². The molecular formula is C13H18N2O5S. The van der Waals surface area contributed by atoms with Gasteiger partial charge in [0, 0.05) is 19.3 Å². The summed E-state index contributed by atoms with van der Waals surface area (Å²) < 4.78 is 32.7. The molecule has 1 saturated heterocycles. The van der Waals surface area contributed by atoms with E-state index in [1.54, 1.807) is 18.2 Å². The summed E-state index contributed by atoms with van der Waals surface area (Å²) in [5.41, 5.74) is 0.277. The zero-order valence-electron chi connectivity index (χ0n) is 11.4. The molecule has 1 aliphatic heterocycles. The lowest BCUT2D eigenvalue weighted by Crippen LogP contribution is -2.39. The van der Waals surface area contributed by atoms with Crippen molar-refractivity contribution in [3.05, 3.63) is 24.3 Å². The highest BCUT2D eigenvalue weighted by molar-refractivity contribution is 7.89. The van der Waals surface area contributed by atoms with E-state index in [9.17, 15) is 13.2 Å². The van der Waals surface area contributed by atoms with Crippen molar-refractivity contribution in [3.63, 3.8) is 0 Å². The first-order chi connectivity index (χ1) is 9.99. The molecule has 2 rings (SSSR count). The van der Waals surface area contributed by atoms with Crippen molar-refractivity contribution in [3.8, 4) is 0 Å². The molecule has 1 heterocycles. The maximum atomic E-state index is 12.4. The Balaban J connectivity index is 2.16. The number of aliphatic carboxylic acids is 1. The van der Waals surface area contributed by atoms with Gasteiger partial charge in [0.15, 0.2) is 0 Å². The molecule has 116 valence electrons. The number of rotatable bonds is 6. The lowest BCUT2D eigenvalue weighted by atomic mass is 10.1. The molecule has 1 fully saturated rings. The van der Waals surface area contributed by atoms with Crippen LogP contribution in [0.1, 0.15) is 12.8 Å². The van der Waals surface area contributed by atoms with E-state index < -0.39 is 16.0 Å². The van der Waals surface area contributed by atoms with Gasteiger partial charge in [0.05, 0.1) is 5.69 Å². The number of benzene rings is 1. The maximum Gasteiger partial charge on any atom is 0.322 e. The van der Waals surface area contributed by atoms with Gasteiger partial charge in [-0.1, -0.05) is 12.1 Å². The molecule has 7 nitrogen and oxygen atoms in total. The second-order valence-electron chi connectivity index (χ2n) is 4.75. The molecule has 8 heteroatoms. The second-order valence-corrected chi connectivity index (χ2v) is 6.43. The first-order valence-electron chi connectivity index (χ1n) is 6.64. The molecule has 3 N–H and O–H groups in total. The molecule has 0 radical (unpaired) electrons.